The van der Waals surface area contributed by atoms with E-state index in [1.807, 2.05) is 12.1 Å². The summed E-state index contributed by atoms with van der Waals surface area (Å²) in [6, 6.07) is 70.2. The summed E-state index contributed by atoms with van der Waals surface area (Å²) in [4.78, 5) is 16.1. The van der Waals surface area contributed by atoms with E-state index in [0.717, 1.165) is 71.9 Å². The molecule has 0 amide bonds. The Balaban J connectivity index is 1.27. The van der Waals surface area contributed by atoms with Gasteiger partial charge in [-0.2, -0.15) is 9.97 Å². The minimum Gasteiger partial charge on any atom is -0.307 e. The number of nitrogens with zero attached hydrogens (tertiary/aromatic N) is 5. The van der Waals surface area contributed by atoms with Crippen LogP contribution in [0.4, 0.5) is 0 Å². The lowest BCUT2D eigenvalue weighted by Crippen LogP contribution is -2.07. The van der Waals surface area contributed by atoms with E-state index in [0.29, 0.717) is 17.6 Å². The number of hydrogen-bond donors (Lipinski definition) is 0. The summed E-state index contributed by atoms with van der Waals surface area (Å²) in [6.07, 6.45) is 0. The first kappa shape index (κ1) is 31.9. The molecule has 0 spiro atoms. The van der Waals surface area contributed by atoms with Gasteiger partial charge in [0.25, 0.3) is 0 Å². The van der Waals surface area contributed by atoms with E-state index in [4.69, 9.17) is 15.0 Å². The van der Waals surface area contributed by atoms with Gasteiger partial charge in [0.1, 0.15) is 0 Å². The number of para-hydroxylation sites is 3. The number of fused-ring (bicyclic) bond motifs is 7. The van der Waals surface area contributed by atoms with Crippen LogP contribution in [0.1, 0.15) is 0 Å². The standard InChI is InChI=1S/C51H33N5/c1-4-17-34(18-5-1)36-21-16-22-37(33-36)49-52-50(44-28-11-10-25-39(44)35-19-6-2-7-20-35)54-51(53-49)56-46-30-15-13-27-41(46)43-32-31-42-40-26-12-14-29-45(40)55(47(42)48(43)56)38-23-8-3-9-24-38/h1-33H. The van der Waals surface area contributed by atoms with E-state index in [9.17, 15) is 0 Å². The fourth-order valence-corrected chi connectivity index (χ4v) is 8.28. The molecular weight excluding hydrogens is 683 g/mol. The number of aromatic nitrogens is 5. The lowest BCUT2D eigenvalue weighted by molar-refractivity contribution is 0.953. The first-order chi connectivity index (χ1) is 27.8. The van der Waals surface area contributed by atoms with Crippen LogP contribution in [0.15, 0.2) is 200 Å². The van der Waals surface area contributed by atoms with Gasteiger partial charge in [0.15, 0.2) is 11.6 Å². The van der Waals surface area contributed by atoms with E-state index in [2.05, 4.69) is 197 Å². The van der Waals surface area contributed by atoms with E-state index < -0.39 is 0 Å². The first-order valence-electron chi connectivity index (χ1n) is 18.9. The maximum Gasteiger partial charge on any atom is 0.238 e. The summed E-state index contributed by atoms with van der Waals surface area (Å²) in [7, 11) is 0. The second-order valence-corrected chi connectivity index (χ2v) is 14.0. The predicted molar refractivity (Wildman–Crippen MR) is 230 cm³/mol. The Morgan fingerprint density at radius 1 is 0.304 bits per heavy atom. The largest absolute Gasteiger partial charge is 0.307 e. The highest BCUT2D eigenvalue weighted by Gasteiger charge is 2.24. The van der Waals surface area contributed by atoms with Crippen LogP contribution in [-0.2, 0) is 0 Å². The Morgan fingerprint density at radius 2 is 0.804 bits per heavy atom. The van der Waals surface area contributed by atoms with Gasteiger partial charge in [-0.25, -0.2) is 4.98 Å². The summed E-state index contributed by atoms with van der Waals surface area (Å²) >= 11 is 0. The number of rotatable bonds is 6. The van der Waals surface area contributed by atoms with Crippen LogP contribution in [-0.4, -0.2) is 24.1 Å². The molecule has 0 bridgehead atoms. The summed E-state index contributed by atoms with van der Waals surface area (Å²) in [6.45, 7) is 0. The van der Waals surface area contributed by atoms with E-state index in [-0.39, 0.29) is 0 Å². The molecule has 5 heteroatoms. The quantitative estimate of drug-likeness (QED) is 0.172. The van der Waals surface area contributed by atoms with Crippen molar-refractivity contribution in [1.82, 2.24) is 24.1 Å². The average Bonchev–Trinajstić information content (AvgIpc) is 3.80. The van der Waals surface area contributed by atoms with Crippen LogP contribution in [0.2, 0.25) is 0 Å². The molecule has 0 aliphatic carbocycles. The van der Waals surface area contributed by atoms with Gasteiger partial charge in [-0.1, -0.05) is 170 Å². The molecule has 0 unspecified atom stereocenters. The molecule has 11 rings (SSSR count). The highest BCUT2D eigenvalue weighted by molar-refractivity contribution is 6.23. The third-order valence-electron chi connectivity index (χ3n) is 10.8. The fourth-order valence-electron chi connectivity index (χ4n) is 8.28. The zero-order valence-corrected chi connectivity index (χ0v) is 30.3. The van der Waals surface area contributed by atoms with Crippen LogP contribution in [0.5, 0.6) is 0 Å². The SMILES string of the molecule is c1ccc(-c2cccc(-c3nc(-c4ccccc4-c4ccccc4)nc(-n4c5ccccc5c5ccc6c7ccccc7n(-c7ccccc7)c6c54)n3)c2)cc1. The van der Waals surface area contributed by atoms with Gasteiger partial charge in [-0.05, 0) is 52.6 Å². The molecule has 0 saturated heterocycles. The van der Waals surface area contributed by atoms with Crippen molar-refractivity contribution in [3.8, 4) is 56.7 Å². The summed E-state index contributed by atoms with van der Waals surface area (Å²) in [5, 5.41) is 4.62. The Bertz CT molecular complexity index is 3240. The second kappa shape index (κ2) is 13.0. The van der Waals surface area contributed by atoms with Crippen molar-refractivity contribution in [3.63, 3.8) is 0 Å². The first-order valence-corrected chi connectivity index (χ1v) is 18.9. The van der Waals surface area contributed by atoms with E-state index >= 15 is 0 Å². The molecular formula is C51H33N5. The van der Waals surface area contributed by atoms with Crippen LogP contribution >= 0.6 is 0 Å². The van der Waals surface area contributed by atoms with Crippen molar-refractivity contribution in [3.05, 3.63) is 200 Å². The molecule has 0 saturated carbocycles. The average molecular weight is 716 g/mol. The molecule has 0 radical (unpaired) electrons. The van der Waals surface area contributed by atoms with E-state index in [1.165, 1.54) is 10.8 Å². The zero-order chi connectivity index (χ0) is 37.0. The molecule has 56 heavy (non-hydrogen) atoms. The normalized spacial score (nSPS) is 11.6. The van der Waals surface area contributed by atoms with Crippen molar-refractivity contribution in [2.24, 2.45) is 0 Å². The Morgan fingerprint density at radius 3 is 1.50 bits per heavy atom. The lowest BCUT2D eigenvalue weighted by atomic mass is 9.99. The van der Waals surface area contributed by atoms with Crippen molar-refractivity contribution < 1.29 is 0 Å². The molecule has 0 aliphatic rings. The molecule has 262 valence electrons. The topological polar surface area (TPSA) is 48.5 Å². The third-order valence-corrected chi connectivity index (χ3v) is 10.8. The monoisotopic (exact) mass is 715 g/mol. The van der Waals surface area contributed by atoms with Crippen LogP contribution < -0.4 is 0 Å². The molecule has 0 fully saturated rings. The van der Waals surface area contributed by atoms with Crippen molar-refractivity contribution in [2.45, 2.75) is 0 Å². The molecule has 8 aromatic carbocycles. The lowest BCUT2D eigenvalue weighted by Gasteiger charge is -2.15. The van der Waals surface area contributed by atoms with Crippen molar-refractivity contribution in [2.75, 3.05) is 0 Å². The Hall–Kier alpha value is -7.63. The van der Waals surface area contributed by atoms with Gasteiger partial charge in [-0.3, -0.25) is 4.57 Å². The number of benzene rings is 8. The maximum absolute atomic E-state index is 5.43. The Labute approximate surface area is 323 Å². The summed E-state index contributed by atoms with van der Waals surface area (Å²) < 4.78 is 4.64. The highest BCUT2D eigenvalue weighted by atomic mass is 15.2. The maximum atomic E-state index is 5.43. The van der Waals surface area contributed by atoms with Crippen molar-refractivity contribution in [1.29, 1.82) is 0 Å². The Kier molecular flexibility index (Phi) is 7.42. The summed E-state index contributed by atoms with van der Waals surface area (Å²) in [5.41, 5.74) is 11.7. The smallest absolute Gasteiger partial charge is 0.238 e. The zero-order valence-electron chi connectivity index (χ0n) is 30.3. The van der Waals surface area contributed by atoms with Crippen LogP contribution in [0.3, 0.4) is 0 Å². The molecule has 0 N–H and O–H groups in total. The van der Waals surface area contributed by atoms with Gasteiger partial charge in [-0.15, -0.1) is 0 Å². The molecule has 3 heterocycles. The van der Waals surface area contributed by atoms with Gasteiger partial charge in [0.05, 0.1) is 22.1 Å². The second-order valence-electron chi connectivity index (χ2n) is 14.0. The molecule has 0 aliphatic heterocycles. The molecule has 5 nitrogen and oxygen atoms in total. The van der Waals surface area contributed by atoms with Gasteiger partial charge >= 0.3 is 0 Å². The van der Waals surface area contributed by atoms with Gasteiger partial charge in [0, 0.05) is 38.4 Å². The summed E-state index contributed by atoms with van der Waals surface area (Å²) in [5.74, 6) is 1.77. The minimum absolute atomic E-state index is 0.557. The molecule has 3 aromatic heterocycles. The minimum atomic E-state index is 0.557. The third kappa shape index (κ3) is 5.13. The highest BCUT2D eigenvalue weighted by Crippen LogP contribution is 2.42. The van der Waals surface area contributed by atoms with Crippen LogP contribution in [0.25, 0.3) is 100 Å². The van der Waals surface area contributed by atoms with Gasteiger partial charge in [0.2, 0.25) is 5.95 Å². The number of hydrogen-bond acceptors (Lipinski definition) is 3. The van der Waals surface area contributed by atoms with Gasteiger partial charge < -0.3 is 4.57 Å². The van der Waals surface area contributed by atoms with E-state index in [1.54, 1.807) is 0 Å². The predicted octanol–water partition coefficient (Wildman–Crippen LogP) is 12.7. The van der Waals surface area contributed by atoms with Crippen molar-refractivity contribution >= 4 is 43.6 Å². The van der Waals surface area contributed by atoms with Crippen LogP contribution in [0, 0.1) is 0 Å². The molecule has 11 aromatic rings. The fraction of sp³-hybridized carbons (Fsp3) is 0. The molecule has 0 atom stereocenters.